The zero-order valence-corrected chi connectivity index (χ0v) is 16.4. The number of aromatic nitrogens is 5. The van der Waals surface area contributed by atoms with Crippen molar-refractivity contribution in [3.05, 3.63) is 50.0 Å². The molecule has 3 heterocycles. The fourth-order valence-electron chi connectivity index (χ4n) is 2.67. The highest BCUT2D eigenvalue weighted by Crippen LogP contribution is 2.33. The molecule has 150 valence electrons. The van der Waals surface area contributed by atoms with Crippen molar-refractivity contribution in [1.82, 2.24) is 23.7 Å². The molecule has 7 nitrogen and oxygen atoms in total. The number of thioether (sulfide) groups is 1. The van der Waals surface area contributed by atoms with E-state index in [1.165, 1.54) is 17.9 Å². The molecule has 0 aromatic carbocycles. The SMILES string of the molecule is Cn1cnc2c1c(=O)n(CCCSc1ncc(C(F)(F)F)cc1Cl)c(=O)n2C. The van der Waals surface area contributed by atoms with Crippen molar-refractivity contribution in [2.45, 2.75) is 24.2 Å². The van der Waals surface area contributed by atoms with Crippen LogP contribution in [0.2, 0.25) is 5.02 Å². The summed E-state index contributed by atoms with van der Waals surface area (Å²) in [7, 11) is 3.20. The zero-order chi connectivity index (χ0) is 20.6. The minimum atomic E-state index is -4.51. The van der Waals surface area contributed by atoms with Gasteiger partial charge < -0.3 is 4.57 Å². The summed E-state index contributed by atoms with van der Waals surface area (Å²) in [6.45, 7) is 0.151. The number of imidazole rings is 1. The molecule has 0 N–H and O–H groups in total. The van der Waals surface area contributed by atoms with Crippen LogP contribution in [0.3, 0.4) is 0 Å². The maximum absolute atomic E-state index is 12.6. The molecule has 0 aliphatic heterocycles. The van der Waals surface area contributed by atoms with Crippen LogP contribution in [-0.4, -0.2) is 29.4 Å². The lowest BCUT2D eigenvalue weighted by Gasteiger charge is -2.10. The Bertz CT molecular complexity index is 1150. The van der Waals surface area contributed by atoms with Crippen molar-refractivity contribution >= 4 is 34.5 Å². The Labute approximate surface area is 165 Å². The molecular formula is C16H15ClF3N5O2S. The maximum Gasteiger partial charge on any atom is 0.417 e. The molecule has 3 rings (SSSR count). The molecule has 0 saturated heterocycles. The minimum Gasteiger partial charge on any atom is -0.328 e. The fraction of sp³-hybridized carbons (Fsp3) is 0.375. The third-order valence-electron chi connectivity index (χ3n) is 4.10. The van der Waals surface area contributed by atoms with Gasteiger partial charge in [-0.1, -0.05) is 11.6 Å². The molecule has 0 fully saturated rings. The number of halogens is 4. The van der Waals surface area contributed by atoms with Gasteiger partial charge in [0.1, 0.15) is 5.03 Å². The van der Waals surface area contributed by atoms with Gasteiger partial charge in [-0.2, -0.15) is 13.2 Å². The van der Waals surface area contributed by atoms with E-state index in [4.69, 9.17) is 11.6 Å². The lowest BCUT2D eigenvalue weighted by molar-refractivity contribution is -0.137. The van der Waals surface area contributed by atoms with Crippen molar-refractivity contribution in [3.8, 4) is 0 Å². The quantitative estimate of drug-likeness (QED) is 0.457. The van der Waals surface area contributed by atoms with E-state index in [9.17, 15) is 22.8 Å². The normalized spacial score (nSPS) is 12.1. The van der Waals surface area contributed by atoms with E-state index in [1.54, 1.807) is 11.6 Å². The van der Waals surface area contributed by atoms with E-state index >= 15 is 0 Å². The van der Waals surface area contributed by atoms with Gasteiger partial charge in [-0.25, -0.2) is 14.8 Å². The highest BCUT2D eigenvalue weighted by atomic mass is 35.5. The van der Waals surface area contributed by atoms with Crippen LogP contribution in [0.15, 0.2) is 33.2 Å². The number of fused-ring (bicyclic) bond motifs is 1. The number of aryl methyl sites for hydroxylation is 2. The van der Waals surface area contributed by atoms with Crippen LogP contribution in [0.25, 0.3) is 11.2 Å². The molecule has 0 unspecified atom stereocenters. The van der Waals surface area contributed by atoms with Crippen molar-refractivity contribution in [2.75, 3.05) is 5.75 Å². The number of alkyl halides is 3. The van der Waals surface area contributed by atoms with Crippen LogP contribution in [0.4, 0.5) is 13.2 Å². The highest BCUT2D eigenvalue weighted by Gasteiger charge is 2.31. The van der Waals surface area contributed by atoms with Crippen molar-refractivity contribution in [1.29, 1.82) is 0 Å². The number of pyridine rings is 1. The van der Waals surface area contributed by atoms with E-state index in [1.807, 2.05) is 0 Å². The molecule has 0 radical (unpaired) electrons. The Morgan fingerprint density at radius 1 is 1.21 bits per heavy atom. The van der Waals surface area contributed by atoms with Crippen molar-refractivity contribution in [3.63, 3.8) is 0 Å². The number of rotatable bonds is 5. The third kappa shape index (κ3) is 3.81. The predicted octanol–water partition coefficient (Wildman–Crippen LogP) is 2.68. The Kier molecular flexibility index (Phi) is 5.57. The molecule has 28 heavy (non-hydrogen) atoms. The van der Waals surface area contributed by atoms with Gasteiger partial charge in [-0.15, -0.1) is 11.8 Å². The minimum absolute atomic E-state index is 0.0933. The first kappa shape index (κ1) is 20.5. The predicted molar refractivity (Wildman–Crippen MR) is 99.8 cm³/mol. The van der Waals surface area contributed by atoms with Crippen molar-refractivity contribution in [2.24, 2.45) is 14.1 Å². The smallest absolute Gasteiger partial charge is 0.328 e. The van der Waals surface area contributed by atoms with Crippen molar-refractivity contribution < 1.29 is 13.2 Å². The maximum atomic E-state index is 12.6. The van der Waals surface area contributed by atoms with Gasteiger partial charge in [0.25, 0.3) is 5.56 Å². The average molecular weight is 434 g/mol. The van der Waals surface area contributed by atoms with Gasteiger partial charge in [0.05, 0.1) is 16.9 Å². The number of nitrogens with zero attached hydrogens (tertiary/aromatic N) is 5. The van der Waals surface area contributed by atoms with E-state index in [2.05, 4.69) is 9.97 Å². The van der Waals surface area contributed by atoms with Crippen LogP contribution < -0.4 is 11.2 Å². The standard InChI is InChI=1S/C16H15ClF3N5O2S/c1-23-8-22-12-11(23)14(26)25(15(27)24(12)2)4-3-5-28-13-10(17)6-9(7-21-13)16(18,19)20/h6-8H,3-5H2,1-2H3. The second-order valence-electron chi connectivity index (χ2n) is 6.04. The van der Waals surface area contributed by atoms with E-state index < -0.39 is 23.0 Å². The number of hydrogen-bond donors (Lipinski definition) is 0. The molecule has 0 saturated carbocycles. The molecule has 0 atom stereocenters. The second kappa shape index (κ2) is 7.63. The third-order valence-corrected chi connectivity index (χ3v) is 5.59. The molecule has 12 heteroatoms. The van der Waals surface area contributed by atoms with Gasteiger partial charge in [-0.3, -0.25) is 13.9 Å². The van der Waals surface area contributed by atoms with Crippen LogP contribution >= 0.6 is 23.4 Å². The second-order valence-corrected chi connectivity index (χ2v) is 7.53. The van der Waals surface area contributed by atoms with Crippen LogP contribution in [-0.2, 0) is 26.8 Å². The largest absolute Gasteiger partial charge is 0.417 e. The lowest BCUT2D eigenvalue weighted by Crippen LogP contribution is -2.39. The summed E-state index contributed by atoms with van der Waals surface area (Å²) < 4.78 is 41.9. The first-order chi connectivity index (χ1) is 13.1. The Morgan fingerprint density at radius 2 is 1.93 bits per heavy atom. The van der Waals surface area contributed by atoms with E-state index in [0.29, 0.717) is 23.3 Å². The molecule has 0 aliphatic carbocycles. The summed E-state index contributed by atoms with van der Waals surface area (Å²) in [4.78, 5) is 32.8. The first-order valence-corrected chi connectivity index (χ1v) is 9.44. The van der Waals surface area contributed by atoms with Gasteiger partial charge in [0.15, 0.2) is 11.2 Å². The summed E-state index contributed by atoms with van der Waals surface area (Å²) in [6.07, 6.45) is -1.90. The van der Waals surface area contributed by atoms with Gasteiger partial charge in [0.2, 0.25) is 0 Å². The summed E-state index contributed by atoms with van der Waals surface area (Å²) in [6, 6.07) is 0.827. The molecular weight excluding hydrogens is 419 g/mol. The molecule has 0 bridgehead atoms. The average Bonchev–Trinajstić information content (AvgIpc) is 3.01. The van der Waals surface area contributed by atoms with Crippen LogP contribution in [0, 0.1) is 0 Å². The van der Waals surface area contributed by atoms with E-state index in [0.717, 1.165) is 28.6 Å². The topological polar surface area (TPSA) is 74.7 Å². The number of hydrogen-bond acceptors (Lipinski definition) is 5. The summed E-state index contributed by atoms with van der Waals surface area (Å²) in [5, 5.41) is 0.168. The summed E-state index contributed by atoms with van der Waals surface area (Å²) in [5.41, 5.74) is -1.20. The monoisotopic (exact) mass is 433 g/mol. The lowest BCUT2D eigenvalue weighted by atomic mass is 10.3. The van der Waals surface area contributed by atoms with E-state index in [-0.39, 0.29) is 16.6 Å². The Morgan fingerprint density at radius 3 is 2.57 bits per heavy atom. The molecule has 0 amide bonds. The van der Waals surface area contributed by atoms with Gasteiger partial charge in [-0.05, 0) is 12.5 Å². The van der Waals surface area contributed by atoms with Gasteiger partial charge in [0, 0.05) is 32.6 Å². The first-order valence-electron chi connectivity index (χ1n) is 8.07. The Balaban J connectivity index is 1.72. The molecule has 0 spiro atoms. The Hall–Kier alpha value is -2.27. The van der Waals surface area contributed by atoms with Crippen LogP contribution in [0.5, 0.6) is 0 Å². The van der Waals surface area contributed by atoms with Crippen LogP contribution in [0.1, 0.15) is 12.0 Å². The highest BCUT2D eigenvalue weighted by molar-refractivity contribution is 7.99. The molecule has 3 aromatic rings. The fourth-order valence-corrected chi connectivity index (χ4v) is 3.79. The summed E-state index contributed by atoms with van der Waals surface area (Å²) in [5.74, 6) is 0.414. The molecule has 3 aromatic heterocycles. The summed E-state index contributed by atoms with van der Waals surface area (Å²) >= 11 is 7.03. The molecule has 0 aliphatic rings. The zero-order valence-electron chi connectivity index (χ0n) is 14.8. The van der Waals surface area contributed by atoms with Gasteiger partial charge >= 0.3 is 11.9 Å².